The molecule has 3 rings (SSSR count). The van der Waals surface area contributed by atoms with E-state index in [4.69, 9.17) is 14.2 Å². The van der Waals surface area contributed by atoms with Crippen molar-refractivity contribution in [3.05, 3.63) is 83.0 Å². The summed E-state index contributed by atoms with van der Waals surface area (Å²) in [7, 11) is 0. The van der Waals surface area contributed by atoms with Crippen molar-refractivity contribution in [2.45, 2.75) is 44.4 Å². The van der Waals surface area contributed by atoms with Crippen molar-refractivity contribution < 1.29 is 37.0 Å². The van der Waals surface area contributed by atoms with Gasteiger partial charge in [0.15, 0.2) is 5.78 Å². The molecule has 0 saturated heterocycles. The molecule has 202 valence electrons. The minimum Gasteiger partial charge on any atom is -0.493 e. The highest BCUT2D eigenvalue weighted by atomic mass is 32.2. The smallest absolute Gasteiger partial charge is 0.417 e. The summed E-state index contributed by atoms with van der Waals surface area (Å²) in [4.78, 5) is 29.3. The minimum absolute atomic E-state index is 0.168. The zero-order chi connectivity index (χ0) is 27.7. The van der Waals surface area contributed by atoms with Crippen molar-refractivity contribution in [3.8, 4) is 11.6 Å². The first-order chi connectivity index (χ1) is 18.1. The zero-order valence-corrected chi connectivity index (χ0v) is 22.0. The molecule has 0 unspecified atom stereocenters. The third-order valence-corrected chi connectivity index (χ3v) is 6.51. The number of pyridine rings is 1. The number of carbonyl (C=O) groups is 2. The molecule has 0 aliphatic heterocycles. The van der Waals surface area contributed by atoms with Crippen LogP contribution in [0.3, 0.4) is 0 Å². The molecule has 0 N–H and O–H groups in total. The molecule has 1 aromatic heterocycles. The summed E-state index contributed by atoms with van der Waals surface area (Å²) < 4.78 is 56.4. The summed E-state index contributed by atoms with van der Waals surface area (Å²) in [5.41, 5.74) is -0.113. The third kappa shape index (κ3) is 8.24. The molecule has 10 heteroatoms. The molecule has 0 spiro atoms. The monoisotopic (exact) mass is 547 g/mol. The summed E-state index contributed by atoms with van der Waals surface area (Å²) in [6.07, 6.45) is -4.10. The predicted molar refractivity (Wildman–Crippen MR) is 138 cm³/mol. The normalized spacial score (nSPS) is 12.1. The second-order valence-corrected chi connectivity index (χ2v) is 9.37. The van der Waals surface area contributed by atoms with E-state index in [9.17, 15) is 22.8 Å². The Hall–Kier alpha value is -3.53. The van der Waals surface area contributed by atoms with Crippen LogP contribution in [0.25, 0.3) is 0 Å². The van der Waals surface area contributed by atoms with Gasteiger partial charge in [-0.15, -0.1) is 11.8 Å². The maximum absolute atomic E-state index is 13.3. The highest BCUT2D eigenvalue weighted by molar-refractivity contribution is 8.00. The third-order valence-electron chi connectivity index (χ3n) is 5.36. The number of benzene rings is 2. The number of ketones is 1. The molecular weight excluding hydrogens is 519 g/mol. The minimum atomic E-state index is -4.65. The lowest BCUT2D eigenvalue weighted by atomic mass is 10.0. The number of halogens is 3. The zero-order valence-electron chi connectivity index (χ0n) is 21.2. The summed E-state index contributed by atoms with van der Waals surface area (Å²) in [6.45, 7) is 5.99. The molecule has 2 aromatic carbocycles. The highest BCUT2D eigenvalue weighted by Crippen LogP contribution is 2.32. The van der Waals surface area contributed by atoms with Crippen LogP contribution in [0.5, 0.6) is 11.6 Å². The molecule has 0 aliphatic carbocycles. The molecule has 1 heterocycles. The number of hydrogen-bond acceptors (Lipinski definition) is 7. The van der Waals surface area contributed by atoms with Crippen LogP contribution in [0, 0.1) is 6.92 Å². The Kier molecular flexibility index (Phi) is 10.2. The van der Waals surface area contributed by atoms with Crippen LogP contribution in [0.1, 0.15) is 47.3 Å². The fourth-order valence-electron chi connectivity index (χ4n) is 3.41. The number of aryl methyl sites for hydroxylation is 1. The fraction of sp³-hybridized carbons (Fsp3) is 0.321. The van der Waals surface area contributed by atoms with Gasteiger partial charge in [-0.2, -0.15) is 13.2 Å². The van der Waals surface area contributed by atoms with E-state index in [0.717, 1.165) is 16.5 Å². The summed E-state index contributed by atoms with van der Waals surface area (Å²) in [5, 5.41) is 0. The van der Waals surface area contributed by atoms with E-state index in [-0.39, 0.29) is 35.3 Å². The molecule has 0 fully saturated rings. The lowest BCUT2D eigenvalue weighted by molar-refractivity contribution is -0.140. The maximum atomic E-state index is 13.3. The van der Waals surface area contributed by atoms with Gasteiger partial charge in [-0.25, -0.2) is 4.98 Å². The van der Waals surface area contributed by atoms with E-state index in [0.29, 0.717) is 25.0 Å². The molecule has 6 nitrogen and oxygen atoms in total. The van der Waals surface area contributed by atoms with Gasteiger partial charge in [-0.1, -0.05) is 30.3 Å². The Labute approximate surface area is 223 Å². The lowest BCUT2D eigenvalue weighted by Gasteiger charge is -2.18. The van der Waals surface area contributed by atoms with Crippen molar-refractivity contribution in [2.24, 2.45) is 0 Å². The molecule has 0 bridgehead atoms. The number of thioether (sulfide) groups is 1. The number of hydrogen-bond donors (Lipinski definition) is 0. The predicted octanol–water partition coefficient (Wildman–Crippen LogP) is 6.53. The van der Waals surface area contributed by atoms with Crippen LogP contribution in [0.15, 0.2) is 65.7 Å². The van der Waals surface area contributed by atoms with Crippen LogP contribution >= 0.6 is 11.8 Å². The van der Waals surface area contributed by atoms with Crippen LogP contribution in [-0.4, -0.2) is 41.8 Å². The fourth-order valence-corrected chi connectivity index (χ4v) is 4.22. The second-order valence-electron chi connectivity index (χ2n) is 8.36. The molecular formula is C28H28F3NO5S. The molecule has 0 aliphatic rings. The van der Waals surface area contributed by atoms with Crippen LogP contribution < -0.4 is 9.47 Å². The first-order valence-corrected chi connectivity index (χ1v) is 12.9. The van der Waals surface area contributed by atoms with Gasteiger partial charge >= 0.3 is 12.1 Å². The highest BCUT2D eigenvalue weighted by Gasteiger charge is 2.33. The number of alkyl halides is 3. The largest absolute Gasteiger partial charge is 0.493 e. The Morgan fingerprint density at radius 2 is 1.82 bits per heavy atom. The van der Waals surface area contributed by atoms with Crippen molar-refractivity contribution in [2.75, 3.05) is 19.0 Å². The van der Waals surface area contributed by atoms with E-state index in [1.807, 2.05) is 19.1 Å². The lowest BCUT2D eigenvalue weighted by Crippen LogP contribution is -2.19. The Bertz CT molecular complexity index is 1250. The van der Waals surface area contributed by atoms with Crippen LogP contribution in [0.4, 0.5) is 13.2 Å². The molecule has 0 amide bonds. The summed E-state index contributed by atoms with van der Waals surface area (Å²) in [5.74, 6) is -0.210. The van der Waals surface area contributed by atoms with Gasteiger partial charge < -0.3 is 14.2 Å². The number of carbonyl (C=O) groups excluding carboxylic acids is 2. The molecule has 38 heavy (non-hydrogen) atoms. The number of aromatic nitrogens is 1. The van der Waals surface area contributed by atoms with Crippen LogP contribution in [-0.2, 0) is 15.7 Å². The molecule has 0 saturated carbocycles. The first-order valence-electron chi connectivity index (χ1n) is 11.9. The Morgan fingerprint density at radius 1 is 1.08 bits per heavy atom. The average molecular weight is 548 g/mol. The number of nitrogens with zero attached hydrogens (tertiary/aromatic N) is 1. The summed E-state index contributed by atoms with van der Waals surface area (Å²) in [6, 6.07) is 14.3. The van der Waals surface area contributed by atoms with E-state index >= 15 is 0 Å². The molecule has 3 aromatic rings. The standard InChI is InChI=1S/C28H28F3NO5S/c1-4-35-25(33)17-38-24-11-10-22(14-18(24)2)36-13-12-19(3)37-27-23(15-21(16-32-27)28(29,30)31)26(34)20-8-6-5-7-9-20/h5-11,14-16,19H,4,12-13,17H2,1-3H3/t19-/m0/s1. The second kappa shape index (κ2) is 13.3. The number of rotatable bonds is 12. The first kappa shape index (κ1) is 29.0. The van der Waals surface area contributed by atoms with Gasteiger partial charge in [-0.05, 0) is 50.6 Å². The Morgan fingerprint density at radius 3 is 2.47 bits per heavy atom. The van der Waals surface area contributed by atoms with E-state index in [1.165, 1.54) is 23.9 Å². The van der Waals surface area contributed by atoms with Crippen molar-refractivity contribution >= 4 is 23.5 Å². The van der Waals surface area contributed by atoms with Crippen LogP contribution in [0.2, 0.25) is 0 Å². The van der Waals surface area contributed by atoms with E-state index < -0.39 is 23.6 Å². The topological polar surface area (TPSA) is 74.7 Å². The average Bonchev–Trinajstić information content (AvgIpc) is 2.88. The van der Waals surface area contributed by atoms with Crippen molar-refractivity contribution in [1.29, 1.82) is 0 Å². The Balaban J connectivity index is 1.62. The van der Waals surface area contributed by atoms with Gasteiger partial charge in [-0.3, -0.25) is 9.59 Å². The SMILES string of the molecule is CCOC(=O)CSc1ccc(OCC[C@H](C)Oc2ncc(C(F)(F)F)cc2C(=O)c2ccccc2)cc1C. The van der Waals surface area contributed by atoms with Gasteiger partial charge in [0.1, 0.15) is 11.9 Å². The van der Waals surface area contributed by atoms with Gasteiger partial charge in [0.25, 0.3) is 0 Å². The van der Waals surface area contributed by atoms with E-state index in [1.54, 1.807) is 38.1 Å². The quantitative estimate of drug-likeness (QED) is 0.145. The van der Waals surface area contributed by atoms with Gasteiger partial charge in [0.2, 0.25) is 5.88 Å². The van der Waals surface area contributed by atoms with E-state index in [2.05, 4.69) is 4.98 Å². The van der Waals surface area contributed by atoms with Crippen molar-refractivity contribution in [3.63, 3.8) is 0 Å². The van der Waals surface area contributed by atoms with Crippen molar-refractivity contribution in [1.82, 2.24) is 4.98 Å². The van der Waals surface area contributed by atoms with Gasteiger partial charge in [0, 0.05) is 23.1 Å². The molecule has 1 atom stereocenters. The maximum Gasteiger partial charge on any atom is 0.417 e. The summed E-state index contributed by atoms with van der Waals surface area (Å²) >= 11 is 1.38. The van der Waals surface area contributed by atoms with Gasteiger partial charge in [0.05, 0.1) is 30.1 Å². The molecule has 0 radical (unpaired) electrons. The number of esters is 1. The number of ether oxygens (including phenoxy) is 3.